The molecule has 1 saturated heterocycles. The van der Waals surface area contributed by atoms with Crippen LogP contribution in [0.4, 0.5) is 0 Å². The molecule has 1 aromatic carbocycles. The predicted molar refractivity (Wildman–Crippen MR) is 94.9 cm³/mol. The highest BCUT2D eigenvalue weighted by Crippen LogP contribution is 2.39. The molecule has 2 aromatic rings. The monoisotopic (exact) mass is 312 g/mol. The van der Waals surface area contributed by atoms with Crippen molar-refractivity contribution in [3.63, 3.8) is 0 Å². The van der Waals surface area contributed by atoms with Gasteiger partial charge in [-0.05, 0) is 62.4 Å². The van der Waals surface area contributed by atoms with E-state index < -0.39 is 0 Å². The summed E-state index contributed by atoms with van der Waals surface area (Å²) in [7, 11) is 1.79. The van der Waals surface area contributed by atoms with Crippen molar-refractivity contribution in [3.05, 3.63) is 29.5 Å². The summed E-state index contributed by atoms with van der Waals surface area (Å²) in [4.78, 5) is 6.00. The Morgan fingerprint density at radius 3 is 2.57 bits per heavy atom. The summed E-state index contributed by atoms with van der Waals surface area (Å²) in [5.41, 5.74) is 3.86. The third-order valence-corrected chi connectivity index (χ3v) is 6.16. The Hall–Kier alpha value is -1.48. The van der Waals surface area contributed by atoms with E-state index in [1.54, 1.807) is 7.11 Å². The molecule has 0 amide bonds. The van der Waals surface area contributed by atoms with Gasteiger partial charge in [0, 0.05) is 29.2 Å². The molecular weight excluding hydrogens is 284 g/mol. The molecule has 1 N–H and O–H groups in total. The van der Waals surface area contributed by atoms with E-state index in [0.717, 1.165) is 24.1 Å². The van der Waals surface area contributed by atoms with Gasteiger partial charge >= 0.3 is 0 Å². The molecule has 1 aromatic heterocycles. The number of rotatable bonds is 4. The lowest BCUT2D eigenvalue weighted by molar-refractivity contribution is 0.103. The molecule has 2 heterocycles. The summed E-state index contributed by atoms with van der Waals surface area (Å²) in [6, 6.07) is 4.37. The van der Waals surface area contributed by atoms with Crippen LogP contribution in [-0.4, -0.2) is 30.1 Å². The van der Waals surface area contributed by atoms with Gasteiger partial charge in [-0.25, -0.2) is 0 Å². The van der Waals surface area contributed by atoms with Crippen molar-refractivity contribution in [2.75, 3.05) is 20.2 Å². The maximum absolute atomic E-state index is 5.69. The van der Waals surface area contributed by atoms with Crippen LogP contribution in [-0.2, 0) is 6.54 Å². The number of benzene rings is 1. The first-order valence-corrected chi connectivity index (χ1v) is 9.12. The number of fused-ring (bicyclic) bond motifs is 1. The van der Waals surface area contributed by atoms with Crippen LogP contribution >= 0.6 is 0 Å². The van der Waals surface area contributed by atoms with Gasteiger partial charge in [0.15, 0.2) is 0 Å². The lowest BCUT2D eigenvalue weighted by atomic mass is 9.72. The molecule has 3 heteroatoms. The summed E-state index contributed by atoms with van der Waals surface area (Å²) in [5.74, 6) is 3.07. The van der Waals surface area contributed by atoms with Crippen molar-refractivity contribution in [2.45, 2.75) is 45.6 Å². The molecule has 0 bridgehead atoms. The average Bonchev–Trinajstić information content (AvgIpc) is 3.00. The first-order chi connectivity index (χ1) is 11.3. The second-order valence-electron chi connectivity index (χ2n) is 7.45. The predicted octanol–water partition coefficient (Wildman–Crippen LogP) is 4.50. The molecule has 0 spiro atoms. The van der Waals surface area contributed by atoms with Crippen LogP contribution in [0.1, 0.15) is 43.2 Å². The van der Waals surface area contributed by atoms with Crippen molar-refractivity contribution in [3.8, 4) is 5.75 Å². The van der Waals surface area contributed by atoms with E-state index >= 15 is 0 Å². The Bertz CT molecular complexity index is 678. The third-order valence-electron chi connectivity index (χ3n) is 6.16. The number of H-pyrrole nitrogens is 1. The number of aryl methyl sites for hydroxylation is 1. The molecular formula is C20H28N2O. The molecule has 0 unspecified atom stereocenters. The first-order valence-electron chi connectivity index (χ1n) is 9.12. The number of hydrogen-bond donors (Lipinski definition) is 1. The normalized spacial score (nSPS) is 20.8. The number of likely N-dealkylation sites (tertiary alicyclic amines) is 1. The molecule has 0 atom stereocenters. The summed E-state index contributed by atoms with van der Waals surface area (Å²) < 4.78 is 5.69. The fourth-order valence-electron chi connectivity index (χ4n) is 4.50. The Morgan fingerprint density at radius 2 is 1.91 bits per heavy atom. The topological polar surface area (TPSA) is 28.3 Å². The number of methoxy groups -OCH3 is 1. The van der Waals surface area contributed by atoms with Gasteiger partial charge in [-0.2, -0.15) is 0 Å². The van der Waals surface area contributed by atoms with Crippen molar-refractivity contribution in [1.29, 1.82) is 0 Å². The van der Waals surface area contributed by atoms with Crippen LogP contribution in [0.25, 0.3) is 10.9 Å². The van der Waals surface area contributed by atoms with Gasteiger partial charge < -0.3 is 9.72 Å². The van der Waals surface area contributed by atoms with Crippen LogP contribution in [0.5, 0.6) is 5.75 Å². The quantitative estimate of drug-likeness (QED) is 0.900. The fourth-order valence-corrected chi connectivity index (χ4v) is 4.50. The summed E-state index contributed by atoms with van der Waals surface area (Å²) in [5, 5.41) is 1.32. The van der Waals surface area contributed by atoms with E-state index in [2.05, 4.69) is 28.9 Å². The highest BCUT2D eigenvalue weighted by molar-refractivity contribution is 5.88. The molecule has 0 radical (unpaired) electrons. The summed E-state index contributed by atoms with van der Waals surface area (Å²) >= 11 is 0. The van der Waals surface area contributed by atoms with Crippen molar-refractivity contribution in [1.82, 2.24) is 9.88 Å². The Balaban J connectivity index is 1.51. The van der Waals surface area contributed by atoms with Gasteiger partial charge in [0.05, 0.1) is 7.11 Å². The minimum atomic E-state index is 0.993. The second kappa shape index (κ2) is 6.20. The standard InChI is InChI=1S/C20H28N2O/c1-14-12-19(23-2)18(17-6-9-21-20(14)17)13-22-10-7-16(8-11-22)15-4-3-5-15/h6,9,12,15-16,21H,3-5,7-8,10-11,13H2,1-2H3. The zero-order chi connectivity index (χ0) is 15.8. The number of aromatic nitrogens is 1. The number of ether oxygens (including phenoxy) is 1. The molecule has 1 aliphatic carbocycles. The number of hydrogen-bond acceptors (Lipinski definition) is 2. The van der Waals surface area contributed by atoms with Gasteiger partial charge in [-0.1, -0.05) is 19.3 Å². The number of aromatic amines is 1. The molecule has 3 nitrogen and oxygen atoms in total. The maximum Gasteiger partial charge on any atom is 0.124 e. The van der Waals surface area contributed by atoms with E-state index in [9.17, 15) is 0 Å². The van der Waals surface area contributed by atoms with Gasteiger partial charge in [-0.15, -0.1) is 0 Å². The molecule has 1 aliphatic heterocycles. The first kappa shape index (κ1) is 15.1. The average molecular weight is 312 g/mol. The largest absolute Gasteiger partial charge is 0.496 e. The minimum Gasteiger partial charge on any atom is -0.496 e. The molecule has 2 aliphatic rings. The lowest BCUT2D eigenvalue weighted by Gasteiger charge is -2.40. The second-order valence-corrected chi connectivity index (χ2v) is 7.45. The highest BCUT2D eigenvalue weighted by atomic mass is 16.5. The number of nitrogens with zero attached hydrogens (tertiary/aromatic N) is 1. The van der Waals surface area contributed by atoms with Gasteiger partial charge in [-0.3, -0.25) is 4.90 Å². The van der Waals surface area contributed by atoms with Crippen molar-refractivity contribution < 1.29 is 4.74 Å². The minimum absolute atomic E-state index is 0.993. The zero-order valence-corrected chi connectivity index (χ0v) is 14.4. The van der Waals surface area contributed by atoms with Gasteiger partial charge in [0.2, 0.25) is 0 Å². The molecule has 4 rings (SSSR count). The Morgan fingerprint density at radius 1 is 1.17 bits per heavy atom. The van der Waals surface area contributed by atoms with Crippen molar-refractivity contribution >= 4 is 10.9 Å². The number of nitrogens with one attached hydrogen (secondary N) is 1. The van der Waals surface area contributed by atoms with Crippen molar-refractivity contribution in [2.24, 2.45) is 11.8 Å². The molecule has 2 fully saturated rings. The fraction of sp³-hybridized carbons (Fsp3) is 0.600. The van der Waals surface area contributed by atoms with E-state index in [-0.39, 0.29) is 0 Å². The van der Waals surface area contributed by atoms with E-state index in [0.29, 0.717) is 0 Å². The van der Waals surface area contributed by atoms with Crippen LogP contribution in [0, 0.1) is 18.8 Å². The SMILES string of the molecule is COc1cc(C)c2[nH]ccc2c1CN1CCC(C2CCC2)CC1. The van der Waals surface area contributed by atoms with Crippen LogP contribution in [0.3, 0.4) is 0 Å². The third kappa shape index (κ3) is 2.76. The molecule has 1 saturated carbocycles. The zero-order valence-electron chi connectivity index (χ0n) is 14.4. The van der Waals surface area contributed by atoms with E-state index in [1.807, 2.05) is 6.20 Å². The molecule has 23 heavy (non-hydrogen) atoms. The van der Waals surface area contributed by atoms with Crippen LogP contribution in [0.15, 0.2) is 18.3 Å². The smallest absolute Gasteiger partial charge is 0.124 e. The van der Waals surface area contributed by atoms with Crippen LogP contribution in [0.2, 0.25) is 0 Å². The Labute approximate surface area is 139 Å². The molecule has 124 valence electrons. The van der Waals surface area contributed by atoms with Gasteiger partial charge in [0.1, 0.15) is 5.75 Å². The summed E-state index contributed by atoms with van der Waals surface area (Å²) in [6.45, 7) is 5.64. The maximum atomic E-state index is 5.69. The Kier molecular flexibility index (Phi) is 4.06. The van der Waals surface area contributed by atoms with Gasteiger partial charge in [0.25, 0.3) is 0 Å². The highest BCUT2D eigenvalue weighted by Gasteiger charge is 2.30. The number of piperidine rings is 1. The van der Waals surface area contributed by atoms with E-state index in [1.165, 1.54) is 67.2 Å². The van der Waals surface area contributed by atoms with E-state index in [4.69, 9.17) is 4.74 Å². The summed E-state index contributed by atoms with van der Waals surface area (Å²) in [6.07, 6.45) is 9.26. The lowest BCUT2D eigenvalue weighted by Crippen LogP contribution is -2.37. The van der Waals surface area contributed by atoms with Crippen LogP contribution < -0.4 is 4.74 Å².